The summed E-state index contributed by atoms with van der Waals surface area (Å²) in [5, 5.41) is 11.8. The zero-order valence-corrected chi connectivity index (χ0v) is 19.4. The Morgan fingerprint density at radius 1 is 0.909 bits per heavy atom. The largest absolute Gasteiger partial charge is 0.507 e. The normalized spacial score (nSPS) is 14.0. The number of phenolic OH excluding ortho intramolecular Hbond substituents is 1. The Labute approximate surface area is 197 Å². The van der Waals surface area contributed by atoms with Gasteiger partial charge in [0, 0.05) is 27.8 Å². The van der Waals surface area contributed by atoms with Crippen molar-refractivity contribution in [3.05, 3.63) is 66.7 Å². The van der Waals surface area contributed by atoms with Gasteiger partial charge in [0.15, 0.2) is 11.5 Å². The highest BCUT2D eigenvalue weighted by molar-refractivity contribution is 7.22. The molecule has 1 N–H and O–H groups in total. The van der Waals surface area contributed by atoms with Crippen molar-refractivity contribution < 1.29 is 19.3 Å². The molecule has 0 atom stereocenters. The molecule has 4 aromatic rings. The molecule has 0 saturated carbocycles. The van der Waals surface area contributed by atoms with Crippen molar-refractivity contribution in [3.63, 3.8) is 0 Å². The quantitative estimate of drug-likeness (QED) is 0.322. The van der Waals surface area contributed by atoms with Crippen LogP contribution in [0.4, 0.5) is 0 Å². The van der Waals surface area contributed by atoms with Crippen LogP contribution < -0.4 is 14.2 Å². The van der Waals surface area contributed by atoms with Gasteiger partial charge < -0.3 is 19.3 Å². The van der Waals surface area contributed by atoms with Crippen molar-refractivity contribution >= 4 is 21.4 Å². The number of aromatic hydroxyl groups is 1. The van der Waals surface area contributed by atoms with E-state index in [9.17, 15) is 5.11 Å². The summed E-state index contributed by atoms with van der Waals surface area (Å²) in [6.45, 7) is 4.00. The van der Waals surface area contributed by atoms with E-state index in [4.69, 9.17) is 14.2 Å². The number of fused-ring (bicyclic) bond motifs is 1. The standard InChI is InChI=1S/C27H27NO4S/c1-30-24-18-23(29)22(27-16-19-6-2-3-7-26(19)33-27)17-25(24)32-21-10-8-20(9-11-21)31-15-14-28-12-4-5-13-28/h2-3,6-11,16-18,29H,4-5,12-15H2,1H3. The molecule has 2 heterocycles. The van der Waals surface area contributed by atoms with Gasteiger partial charge in [-0.25, -0.2) is 0 Å². The molecular formula is C27H27NO4S. The molecule has 1 aliphatic rings. The van der Waals surface area contributed by atoms with Gasteiger partial charge in [-0.2, -0.15) is 0 Å². The highest BCUT2D eigenvalue weighted by atomic mass is 32.1. The Kier molecular flexibility index (Phi) is 6.37. The van der Waals surface area contributed by atoms with Gasteiger partial charge in [-0.05, 0) is 73.8 Å². The summed E-state index contributed by atoms with van der Waals surface area (Å²) in [4.78, 5) is 3.41. The Morgan fingerprint density at radius 2 is 1.67 bits per heavy atom. The van der Waals surface area contributed by atoms with E-state index in [1.54, 1.807) is 24.5 Å². The van der Waals surface area contributed by atoms with Crippen LogP contribution in [0.1, 0.15) is 12.8 Å². The van der Waals surface area contributed by atoms with E-state index < -0.39 is 0 Å². The number of hydrogen-bond acceptors (Lipinski definition) is 6. The van der Waals surface area contributed by atoms with Crippen molar-refractivity contribution in [3.8, 4) is 39.2 Å². The van der Waals surface area contributed by atoms with Gasteiger partial charge in [0.05, 0.1) is 7.11 Å². The number of thiophene rings is 1. The summed E-state index contributed by atoms with van der Waals surface area (Å²) in [6, 6.07) is 21.3. The smallest absolute Gasteiger partial charge is 0.170 e. The first-order chi connectivity index (χ1) is 16.2. The van der Waals surface area contributed by atoms with E-state index in [2.05, 4.69) is 23.1 Å². The Balaban J connectivity index is 1.32. The maximum atomic E-state index is 10.6. The number of phenols is 1. The summed E-state index contributed by atoms with van der Waals surface area (Å²) < 4.78 is 18.7. The molecule has 5 nitrogen and oxygen atoms in total. The Bertz CT molecular complexity index is 1200. The van der Waals surface area contributed by atoms with Crippen molar-refractivity contribution in [2.24, 2.45) is 0 Å². The second-order valence-corrected chi connectivity index (χ2v) is 9.22. The number of rotatable bonds is 8. The Hall–Kier alpha value is -3.22. The van der Waals surface area contributed by atoms with Crippen molar-refractivity contribution in [1.82, 2.24) is 4.90 Å². The first kappa shape index (κ1) is 21.6. The molecule has 1 aliphatic heterocycles. The second kappa shape index (κ2) is 9.73. The molecule has 170 valence electrons. The lowest BCUT2D eigenvalue weighted by Crippen LogP contribution is -2.25. The molecule has 1 saturated heterocycles. The molecule has 5 rings (SSSR count). The minimum atomic E-state index is 0.160. The lowest BCUT2D eigenvalue weighted by atomic mass is 10.1. The fourth-order valence-corrected chi connectivity index (χ4v) is 5.22. The SMILES string of the molecule is COc1cc(O)c(-c2cc3ccccc3s2)cc1Oc1ccc(OCCN2CCCC2)cc1. The van der Waals surface area contributed by atoms with Crippen LogP contribution in [0.5, 0.6) is 28.7 Å². The molecule has 0 aliphatic carbocycles. The predicted octanol–water partition coefficient (Wildman–Crippen LogP) is 6.55. The van der Waals surface area contributed by atoms with Gasteiger partial charge in [-0.1, -0.05) is 18.2 Å². The summed E-state index contributed by atoms with van der Waals surface area (Å²) >= 11 is 1.64. The van der Waals surface area contributed by atoms with Gasteiger partial charge in [-0.15, -0.1) is 11.3 Å². The average Bonchev–Trinajstić information content (AvgIpc) is 3.51. The van der Waals surface area contributed by atoms with Gasteiger partial charge in [0.2, 0.25) is 0 Å². The summed E-state index contributed by atoms with van der Waals surface area (Å²) in [5.41, 5.74) is 0.717. The molecule has 0 amide bonds. The van der Waals surface area contributed by atoms with E-state index in [-0.39, 0.29) is 5.75 Å². The lowest BCUT2D eigenvalue weighted by molar-refractivity contribution is 0.237. The molecule has 0 radical (unpaired) electrons. The van der Waals surface area contributed by atoms with Crippen LogP contribution >= 0.6 is 11.3 Å². The fraction of sp³-hybridized carbons (Fsp3) is 0.259. The van der Waals surface area contributed by atoms with E-state index in [0.717, 1.165) is 22.6 Å². The Morgan fingerprint density at radius 3 is 2.42 bits per heavy atom. The van der Waals surface area contributed by atoms with Crippen LogP contribution in [0.3, 0.4) is 0 Å². The van der Waals surface area contributed by atoms with Crippen LogP contribution in [0, 0.1) is 0 Å². The van der Waals surface area contributed by atoms with Crippen LogP contribution in [-0.4, -0.2) is 43.4 Å². The maximum Gasteiger partial charge on any atom is 0.170 e. The van der Waals surface area contributed by atoms with Gasteiger partial charge in [0.25, 0.3) is 0 Å². The van der Waals surface area contributed by atoms with Gasteiger partial charge in [-0.3, -0.25) is 4.90 Å². The molecular weight excluding hydrogens is 434 g/mol. The van der Waals surface area contributed by atoms with Crippen molar-refractivity contribution in [2.45, 2.75) is 12.8 Å². The van der Waals surface area contributed by atoms with Crippen LogP contribution in [0.15, 0.2) is 66.7 Å². The van der Waals surface area contributed by atoms with Crippen molar-refractivity contribution in [1.29, 1.82) is 0 Å². The zero-order valence-electron chi connectivity index (χ0n) is 18.6. The molecule has 0 spiro atoms. The fourth-order valence-electron chi connectivity index (χ4n) is 4.13. The third-order valence-corrected chi connectivity index (χ3v) is 7.05. The highest BCUT2D eigenvalue weighted by Crippen LogP contribution is 2.44. The summed E-state index contributed by atoms with van der Waals surface area (Å²) in [7, 11) is 1.57. The first-order valence-corrected chi connectivity index (χ1v) is 12.0. The van der Waals surface area contributed by atoms with E-state index in [1.807, 2.05) is 42.5 Å². The third kappa shape index (κ3) is 4.92. The predicted molar refractivity (Wildman–Crippen MR) is 133 cm³/mol. The average molecular weight is 462 g/mol. The van der Waals surface area contributed by atoms with Crippen LogP contribution in [0.2, 0.25) is 0 Å². The number of methoxy groups -OCH3 is 1. The molecule has 0 unspecified atom stereocenters. The third-order valence-electron chi connectivity index (χ3n) is 5.90. The van der Waals surface area contributed by atoms with E-state index in [0.29, 0.717) is 29.4 Å². The lowest BCUT2D eigenvalue weighted by Gasteiger charge is -2.15. The molecule has 6 heteroatoms. The van der Waals surface area contributed by atoms with Crippen molar-refractivity contribution in [2.75, 3.05) is 33.4 Å². The monoisotopic (exact) mass is 461 g/mol. The van der Waals surface area contributed by atoms with E-state index in [1.165, 1.54) is 30.6 Å². The van der Waals surface area contributed by atoms with Gasteiger partial charge in [0.1, 0.15) is 23.9 Å². The number of likely N-dealkylation sites (tertiary alicyclic amines) is 1. The number of nitrogens with zero attached hydrogens (tertiary/aromatic N) is 1. The number of hydrogen-bond donors (Lipinski definition) is 1. The minimum absolute atomic E-state index is 0.160. The topological polar surface area (TPSA) is 51.2 Å². The minimum Gasteiger partial charge on any atom is -0.507 e. The summed E-state index contributed by atoms with van der Waals surface area (Å²) in [6.07, 6.45) is 2.58. The zero-order chi connectivity index (χ0) is 22.6. The van der Waals surface area contributed by atoms with Crippen LogP contribution in [-0.2, 0) is 0 Å². The van der Waals surface area contributed by atoms with Crippen LogP contribution in [0.25, 0.3) is 20.5 Å². The molecule has 33 heavy (non-hydrogen) atoms. The molecule has 0 bridgehead atoms. The summed E-state index contributed by atoms with van der Waals surface area (Å²) in [5.74, 6) is 2.68. The second-order valence-electron chi connectivity index (χ2n) is 8.14. The first-order valence-electron chi connectivity index (χ1n) is 11.2. The maximum absolute atomic E-state index is 10.6. The number of benzene rings is 3. The molecule has 1 fully saturated rings. The molecule has 1 aromatic heterocycles. The highest BCUT2D eigenvalue weighted by Gasteiger charge is 2.16. The van der Waals surface area contributed by atoms with E-state index >= 15 is 0 Å². The number of ether oxygens (including phenoxy) is 3. The van der Waals surface area contributed by atoms with Gasteiger partial charge >= 0.3 is 0 Å². The molecule has 3 aromatic carbocycles.